The number of hydrogen-bond acceptors (Lipinski definition) is 6. The number of carbonyl (C=O) groups excluding carboxylic acids is 2. The number of nitrogens with one attached hydrogen (secondary N) is 1. The molecule has 2 unspecified atom stereocenters. The number of para-hydroxylation sites is 1. The van der Waals surface area contributed by atoms with E-state index >= 15 is 0 Å². The third-order valence-electron chi connectivity index (χ3n) is 7.99. The zero-order valence-electron chi connectivity index (χ0n) is 22.5. The molecule has 2 aromatic carbocycles. The van der Waals surface area contributed by atoms with E-state index in [1.54, 1.807) is 4.68 Å². The fourth-order valence-corrected chi connectivity index (χ4v) is 5.38. The molecule has 1 aromatic heterocycles. The number of ether oxygens (including phenoxy) is 2. The molecular weight excluding hydrogens is 480 g/mol. The molecule has 0 saturated heterocycles. The number of nitrogens with two attached hydrogens (primary N) is 1. The van der Waals surface area contributed by atoms with Crippen molar-refractivity contribution in [2.45, 2.75) is 65.6 Å². The van der Waals surface area contributed by atoms with Gasteiger partial charge >= 0.3 is 5.97 Å². The second kappa shape index (κ2) is 10.3. The molecule has 1 amide bonds. The van der Waals surface area contributed by atoms with E-state index in [-0.39, 0.29) is 29.9 Å². The number of anilines is 1. The van der Waals surface area contributed by atoms with Gasteiger partial charge in [0.1, 0.15) is 11.8 Å². The van der Waals surface area contributed by atoms with E-state index in [4.69, 9.17) is 15.2 Å². The molecule has 38 heavy (non-hydrogen) atoms. The largest absolute Gasteiger partial charge is 0.493 e. The zero-order valence-corrected chi connectivity index (χ0v) is 22.5. The fourth-order valence-electron chi connectivity index (χ4n) is 5.38. The maximum atomic E-state index is 13.1. The molecule has 0 bridgehead atoms. The van der Waals surface area contributed by atoms with Gasteiger partial charge in [0.25, 0.3) is 0 Å². The Morgan fingerprint density at radius 1 is 1.16 bits per heavy atom. The second-order valence-corrected chi connectivity index (χ2v) is 11.0. The molecule has 8 heteroatoms. The van der Waals surface area contributed by atoms with Gasteiger partial charge in [0, 0.05) is 34.7 Å². The Morgan fingerprint density at radius 3 is 2.55 bits per heavy atom. The molecule has 3 aromatic rings. The predicted molar refractivity (Wildman–Crippen MR) is 146 cm³/mol. The van der Waals surface area contributed by atoms with Gasteiger partial charge in [-0.2, -0.15) is 5.10 Å². The van der Waals surface area contributed by atoms with E-state index in [1.807, 2.05) is 70.2 Å². The first-order valence-corrected chi connectivity index (χ1v) is 13.3. The third-order valence-corrected chi connectivity index (χ3v) is 7.99. The van der Waals surface area contributed by atoms with Crippen molar-refractivity contribution in [1.82, 2.24) is 9.78 Å². The lowest BCUT2D eigenvalue weighted by atomic mass is 9.79. The highest BCUT2D eigenvalue weighted by molar-refractivity contribution is 5.92. The molecule has 1 fully saturated rings. The molecule has 1 aliphatic carbocycles. The molecular formula is C30H36N4O4. The number of benzene rings is 2. The van der Waals surface area contributed by atoms with Gasteiger partial charge in [-0.1, -0.05) is 44.2 Å². The first-order valence-electron chi connectivity index (χ1n) is 13.3. The molecule has 2 heterocycles. The Bertz CT molecular complexity index is 1340. The first kappa shape index (κ1) is 26.0. The van der Waals surface area contributed by atoms with Crippen LogP contribution in [0.3, 0.4) is 0 Å². The van der Waals surface area contributed by atoms with E-state index < -0.39 is 12.0 Å². The van der Waals surface area contributed by atoms with Crippen molar-refractivity contribution in [1.29, 1.82) is 0 Å². The van der Waals surface area contributed by atoms with Crippen LogP contribution in [-0.2, 0) is 21.1 Å². The van der Waals surface area contributed by atoms with Gasteiger partial charge in [-0.25, -0.2) is 4.68 Å². The minimum absolute atomic E-state index is 0.000151. The van der Waals surface area contributed by atoms with E-state index in [2.05, 4.69) is 16.5 Å². The van der Waals surface area contributed by atoms with Crippen molar-refractivity contribution in [3.05, 3.63) is 65.5 Å². The van der Waals surface area contributed by atoms with Crippen LogP contribution < -0.4 is 15.8 Å². The van der Waals surface area contributed by atoms with Gasteiger partial charge in [-0.3, -0.25) is 9.59 Å². The van der Waals surface area contributed by atoms with Gasteiger partial charge in [0.15, 0.2) is 6.73 Å². The molecule has 200 valence electrons. The Labute approximate surface area is 223 Å². The summed E-state index contributed by atoms with van der Waals surface area (Å²) in [6.07, 6.45) is 2.64. The topological polar surface area (TPSA) is 108 Å². The highest BCUT2D eigenvalue weighted by Gasteiger charge is 2.53. The van der Waals surface area contributed by atoms with Gasteiger partial charge in [-0.05, 0) is 61.9 Å². The maximum Gasteiger partial charge on any atom is 0.324 e. The highest BCUT2D eigenvalue weighted by atomic mass is 16.5. The molecule has 0 radical (unpaired) electrons. The lowest BCUT2D eigenvalue weighted by Crippen LogP contribution is -2.37. The van der Waals surface area contributed by atoms with E-state index in [1.165, 1.54) is 0 Å². The predicted octanol–water partition coefficient (Wildman–Crippen LogP) is 4.94. The Hall–Kier alpha value is -3.65. The number of aromatic nitrogens is 2. The number of esters is 1. The van der Waals surface area contributed by atoms with Crippen molar-refractivity contribution in [3.8, 4) is 16.9 Å². The molecule has 8 nitrogen and oxygen atoms in total. The standard InChI is InChI=1S/C30H36N4O4/c1-18(2)28(31)29(36)38-17-34-20(4)27(19(3)33-34)21-9-11-22(12-10-21)32-26(35)15-24-23-7-5-6-8-25(23)37-16-30(24)13-14-30/h5-12,18,24,28H,13-17,31H2,1-4H3,(H,32,35). The number of aryl methyl sites for hydroxylation is 1. The Morgan fingerprint density at radius 2 is 1.87 bits per heavy atom. The smallest absolute Gasteiger partial charge is 0.324 e. The number of nitrogens with zero attached hydrogens (tertiary/aromatic N) is 2. The minimum Gasteiger partial charge on any atom is -0.493 e. The first-order chi connectivity index (χ1) is 18.2. The monoisotopic (exact) mass is 516 g/mol. The van der Waals surface area contributed by atoms with Crippen LogP contribution in [0.25, 0.3) is 11.1 Å². The van der Waals surface area contributed by atoms with Gasteiger partial charge in [0.05, 0.1) is 12.3 Å². The molecule has 3 N–H and O–H groups in total. The van der Waals surface area contributed by atoms with E-state index in [9.17, 15) is 9.59 Å². The highest BCUT2D eigenvalue weighted by Crippen LogP contribution is 2.61. The number of amides is 1. The normalized spacial score (nSPS) is 18.0. The molecule has 1 spiro atoms. The summed E-state index contributed by atoms with van der Waals surface area (Å²) in [6, 6.07) is 15.2. The van der Waals surface area contributed by atoms with Crippen LogP contribution in [0.15, 0.2) is 48.5 Å². The van der Waals surface area contributed by atoms with Crippen molar-refractivity contribution in [2.75, 3.05) is 11.9 Å². The lowest BCUT2D eigenvalue weighted by molar-refractivity contribution is -0.150. The van der Waals surface area contributed by atoms with Crippen molar-refractivity contribution < 1.29 is 19.1 Å². The average molecular weight is 517 g/mol. The molecule has 1 saturated carbocycles. The minimum atomic E-state index is -0.662. The van der Waals surface area contributed by atoms with Crippen molar-refractivity contribution in [3.63, 3.8) is 0 Å². The van der Waals surface area contributed by atoms with Crippen LogP contribution in [0.4, 0.5) is 5.69 Å². The molecule has 2 aliphatic rings. The van der Waals surface area contributed by atoms with Gasteiger partial charge in [-0.15, -0.1) is 0 Å². The summed E-state index contributed by atoms with van der Waals surface area (Å²) >= 11 is 0. The summed E-state index contributed by atoms with van der Waals surface area (Å²) in [4.78, 5) is 25.2. The van der Waals surface area contributed by atoms with Crippen molar-refractivity contribution >= 4 is 17.6 Å². The average Bonchev–Trinajstić information content (AvgIpc) is 3.62. The summed E-state index contributed by atoms with van der Waals surface area (Å²) in [7, 11) is 0. The summed E-state index contributed by atoms with van der Waals surface area (Å²) in [5.41, 5.74) is 11.5. The fraction of sp³-hybridized carbons (Fsp3) is 0.433. The van der Waals surface area contributed by atoms with Crippen LogP contribution in [0.1, 0.15) is 56.0 Å². The van der Waals surface area contributed by atoms with Gasteiger partial charge < -0.3 is 20.5 Å². The lowest BCUT2D eigenvalue weighted by Gasteiger charge is -2.33. The molecule has 2 atom stereocenters. The third kappa shape index (κ3) is 5.05. The number of hydrogen-bond donors (Lipinski definition) is 2. The van der Waals surface area contributed by atoms with Gasteiger partial charge in [0.2, 0.25) is 5.91 Å². The van der Waals surface area contributed by atoms with Crippen LogP contribution in [0.5, 0.6) is 5.75 Å². The second-order valence-electron chi connectivity index (χ2n) is 11.0. The SMILES string of the molecule is Cc1nn(COC(=O)C(N)C(C)C)c(C)c1-c1ccc(NC(=O)CC2c3ccccc3OCC23CC3)cc1. The van der Waals surface area contributed by atoms with E-state index in [0.717, 1.165) is 52.4 Å². The van der Waals surface area contributed by atoms with Crippen LogP contribution in [-0.4, -0.2) is 34.3 Å². The molecule has 1 aliphatic heterocycles. The number of carbonyl (C=O) groups is 2. The summed E-state index contributed by atoms with van der Waals surface area (Å²) < 4.78 is 13.0. The van der Waals surface area contributed by atoms with Crippen LogP contribution >= 0.6 is 0 Å². The maximum absolute atomic E-state index is 13.1. The Kier molecular flexibility index (Phi) is 7.01. The van der Waals surface area contributed by atoms with Crippen LogP contribution in [0.2, 0.25) is 0 Å². The Balaban J connectivity index is 1.24. The van der Waals surface area contributed by atoms with E-state index in [0.29, 0.717) is 13.0 Å². The zero-order chi connectivity index (χ0) is 27.0. The summed E-state index contributed by atoms with van der Waals surface area (Å²) in [5, 5.41) is 7.64. The summed E-state index contributed by atoms with van der Waals surface area (Å²) in [6.45, 7) is 8.33. The number of fused-ring (bicyclic) bond motifs is 1. The molecule has 5 rings (SSSR count). The summed E-state index contributed by atoms with van der Waals surface area (Å²) in [5.74, 6) is 0.640. The number of rotatable bonds is 8. The van der Waals surface area contributed by atoms with Crippen molar-refractivity contribution in [2.24, 2.45) is 17.1 Å². The quantitative estimate of drug-likeness (QED) is 0.411. The van der Waals surface area contributed by atoms with Crippen LogP contribution in [0, 0.1) is 25.2 Å².